The van der Waals surface area contributed by atoms with Gasteiger partial charge >= 0.3 is 5.97 Å². The quantitative estimate of drug-likeness (QED) is 0.596. The SMILES string of the molecule is C=C(C)C(=O)OC1CCC(C(C)(C)C)CC1O. The molecule has 17 heavy (non-hydrogen) atoms. The van der Waals surface area contributed by atoms with E-state index in [1.165, 1.54) is 0 Å². The number of esters is 1. The van der Waals surface area contributed by atoms with Crippen LogP contribution in [0.3, 0.4) is 0 Å². The molecule has 3 nitrogen and oxygen atoms in total. The molecule has 0 aromatic rings. The Bertz CT molecular complexity index is 301. The molecule has 1 aliphatic carbocycles. The molecule has 0 spiro atoms. The molecule has 0 bridgehead atoms. The molecule has 3 unspecified atom stereocenters. The standard InChI is InChI=1S/C14H24O3/c1-9(2)13(16)17-12-7-6-10(8-11(12)15)14(3,4)5/h10-12,15H,1,6-8H2,2-5H3. The number of carbonyl (C=O) groups is 1. The van der Waals surface area contributed by atoms with Crippen molar-refractivity contribution in [2.75, 3.05) is 0 Å². The molecular formula is C14H24O3. The van der Waals surface area contributed by atoms with Gasteiger partial charge in [0.15, 0.2) is 0 Å². The fourth-order valence-electron chi connectivity index (χ4n) is 2.28. The molecule has 0 aromatic carbocycles. The Balaban J connectivity index is 2.54. The molecule has 0 amide bonds. The Morgan fingerprint density at radius 2 is 1.94 bits per heavy atom. The second-order valence-electron chi connectivity index (χ2n) is 6.17. The van der Waals surface area contributed by atoms with Crippen LogP contribution in [0.1, 0.15) is 47.0 Å². The van der Waals surface area contributed by atoms with Gasteiger partial charge in [-0.15, -0.1) is 0 Å². The molecule has 0 aliphatic heterocycles. The van der Waals surface area contributed by atoms with Gasteiger partial charge in [-0.1, -0.05) is 27.4 Å². The van der Waals surface area contributed by atoms with E-state index in [9.17, 15) is 9.90 Å². The predicted molar refractivity (Wildman–Crippen MR) is 67.5 cm³/mol. The molecule has 1 N–H and O–H groups in total. The molecule has 0 saturated heterocycles. The molecule has 1 aliphatic rings. The highest BCUT2D eigenvalue weighted by atomic mass is 16.6. The molecule has 0 aromatic heterocycles. The lowest BCUT2D eigenvalue weighted by atomic mass is 9.71. The van der Waals surface area contributed by atoms with E-state index < -0.39 is 12.1 Å². The third-order valence-corrected chi connectivity index (χ3v) is 3.59. The van der Waals surface area contributed by atoms with Crippen molar-refractivity contribution in [2.24, 2.45) is 11.3 Å². The first-order valence-electron chi connectivity index (χ1n) is 6.26. The van der Waals surface area contributed by atoms with Crippen LogP contribution in [0.25, 0.3) is 0 Å². The average Bonchev–Trinajstić information content (AvgIpc) is 2.19. The van der Waals surface area contributed by atoms with E-state index >= 15 is 0 Å². The van der Waals surface area contributed by atoms with Crippen LogP contribution in [-0.2, 0) is 9.53 Å². The summed E-state index contributed by atoms with van der Waals surface area (Å²) in [6.45, 7) is 11.7. The van der Waals surface area contributed by atoms with Crippen LogP contribution in [0.4, 0.5) is 0 Å². The Labute approximate surface area is 104 Å². The maximum absolute atomic E-state index is 11.4. The maximum Gasteiger partial charge on any atom is 0.333 e. The number of carbonyl (C=O) groups excluding carboxylic acids is 1. The van der Waals surface area contributed by atoms with Crippen molar-refractivity contribution in [1.29, 1.82) is 0 Å². The maximum atomic E-state index is 11.4. The van der Waals surface area contributed by atoms with Crippen LogP contribution in [0.5, 0.6) is 0 Å². The van der Waals surface area contributed by atoms with E-state index in [0.29, 0.717) is 17.9 Å². The number of rotatable bonds is 2. The topological polar surface area (TPSA) is 46.5 Å². The van der Waals surface area contributed by atoms with Crippen LogP contribution in [0.2, 0.25) is 0 Å². The number of aliphatic hydroxyl groups excluding tert-OH is 1. The van der Waals surface area contributed by atoms with Gasteiger partial charge in [-0.2, -0.15) is 0 Å². The molecule has 3 heteroatoms. The second kappa shape index (κ2) is 5.21. The molecule has 0 radical (unpaired) electrons. The zero-order chi connectivity index (χ0) is 13.2. The van der Waals surface area contributed by atoms with Gasteiger partial charge in [-0.05, 0) is 37.5 Å². The lowest BCUT2D eigenvalue weighted by Crippen LogP contribution is -2.40. The summed E-state index contributed by atoms with van der Waals surface area (Å²) in [5.41, 5.74) is 0.583. The van der Waals surface area contributed by atoms with Crippen molar-refractivity contribution < 1.29 is 14.6 Å². The van der Waals surface area contributed by atoms with Gasteiger partial charge in [0, 0.05) is 5.57 Å². The summed E-state index contributed by atoms with van der Waals surface area (Å²) in [5.74, 6) is 0.0838. The number of hydrogen-bond donors (Lipinski definition) is 1. The van der Waals surface area contributed by atoms with Crippen molar-refractivity contribution in [2.45, 2.75) is 59.2 Å². The Kier molecular flexibility index (Phi) is 4.36. The summed E-state index contributed by atoms with van der Waals surface area (Å²) in [7, 11) is 0. The van der Waals surface area contributed by atoms with Gasteiger partial charge in [0.2, 0.25) is 0 Å². The zero-order valence-corrected chi connectivity index (χ0v) is 11.3. The highest BCUT2D eigenvalue weighted by Crippen LogP contribution is 2.38. The molecule has 98 valence electrons. The third-order valence-electron chi connectivity index (χ3n) is 3.59. The predicted octanol–water partition coefficient (Wildman–Crippen LogP) is 2.68. The summed E-state index contributed by atoms with van der Waals surface area (Å²) in [4.78, 5) is 11.4. The van der Waals surface area contributed by atoms with E-state index in [1.54, 1.807) is 6.92 Å². The minimum Gasteiger partial charge on any atom is -0.456 e. The number of aliphatic hydroxyl groups is 1. The largest absolute Gasteiger partial charge is 0.456 e. The van der Waals surface area contributed by atoms with Gasteiger partial charge in [0.05, 0.1) is 6.10 Å². The van der Waals surface area contributed by atoms with Crippen LogP contribution in [-0.4, -0.2) is 23.3 Å². The number of hydrogen-bond acceptors (Lipinski definition) is 3. The third kappa shape index (κ3) is 3.84. The van der Waals surface area contributed by atoms with Crippen molar-refractivity contribution in [1.82, 2.24) is 0 Å². The van der Waals surface area contributed by atoms with Gasteiger partial charge in [-0.3, -0.25) is 0 Å². The monoisotopic (exact) mass is 240 g/mol. The van der Waals surface area contributed by atoms with Gasteiger partial charge in [0.25, 0.3) is 0 Å². The van der Waals surface area contributed by atoms with Gasteiger partial charge in [-0.25, -0.2) is 4.79 Å². The first-order valence-corrected chi connectivity index (χ1v) is 6.26. The zero-order valence-electron chi connectivity index (χ0n) is 11.3. The van der Waals surface area contributed by atoms with Crippen LogP contribution in [0, 0.1) is 11.3 Å². The van der Waals surface area contributed by atoms with E-state index in [2.05, 4.69) is 27.4 Å². The van der Waals surface area contributed by atoms with E-state index in [0.717, 1.165) is 12.8 Å². The van der Waals surface area contributed by atoms with Gasteiger partial charge < -0.3 is 9.84 Å². The first-order chi connectivity index (χ1) is 7.71. The summed E-state index contributed by atoms with van der Waals surface area (Å²) in [5, 5.41) is 10.0. The Morgan fingerprint density at radius 1 is 1.35 bits per heavy atom. The second-order valence-corrected chi connectivity index (χ2v) is 6.17. The van der Waals surface area contributed by atoms with Crippen molar-refractivity contribution in [3.05, 3.63) is 12.2 Å². The van der Waals surface area contributed by atoms with Crippen LogP contribution < -0.4 is 0 Å². The Morgan fingerprint density at radius 3 is 2.35 bits per heavy atom. The van der Waals surface area contributed by atoms with Crippen molar-refractivity contribution in [3.63, 3.8) is 0 Å². The molecule has 0 heterocycles. The molecule has 1 fully saturated rings. The van der Waals surface area contributed by atoms with Crippen LogP contribution >= 0.6 is 0 Å². The highest BCUT2D eigenvalue weighted by molar-refractivity contribution is 5.87. The minimum atomic E-state index is -0.545. The number of ether oxygens (including phenoxy) is 1. The fourth-order valence-corrected chi connectivity index (χ4v) is 2.28. The summed E-state index contributed by atoms with van der Waals surface area (Å²) < 4.78 is 5.24. The van der Waals surface area contributed by atoms with Crippen molar-refractivity contribution in [3.8, 4) is 0 Å². The summed E-state index contributed by atoms with van der Waals surface area (Å²) in [6.07, 6.45) is 1.53. The normalized spacial score (nSPS) is 29.8. The average molecular weight is 240 g/mol. The molecule has 1 saturated carbocycles. The molecule has 3 atom stereocenters. The summed E-state index contributed by atoms with van der Waals surface area (Å²) >= 11 is 0. The van der Waals surface area contributed by atoms with E-state index in [4.69, 9.17) is 4.74 Å². The van der Waals surface area contributed by atoms with Crippen molar-refractivity contribution >= 4 is 5.97 Å². The lowest BCUT2D eigenvalue weighted by molar-refractivity contribution is -0.155. The van der Waals surface area contributed by atoms with E-state index in [1.807, 2.05) is 0 Å². The van der Waals surface area contributed by atoms with Crippen LogP contribution in [0.15, 0.2) is 12.2 Å². The van der Waals surface area contributed by atoms with Gasteiger partial charge in [0.1, 0.15) is 6.10 Å². The molecular weight excluding hydrogens is 216 g/mol. The van der Waals surface area contributed by atoms with E-state index in [-0.39, 0.29) is 11.5 Å². The molecule has 1 rings (SSSR count). The summed E-state index contributed by atoms with van der Waals surface area (Å²) in [6, 6.07) is 0. The minimum absolute atomic E-state index is 0.199. The fraction of sp³-hybridized carbons (Fsp3) is 0.786. The first kappa shape index (κ1) is 14.2. The highest BCUT2D eigenvalue weighted by Gasteiger charge is 2.36. The Hall–Kier alpha value is -0.830. The smallest absolute Gasteiger partial charge is 0.333 e. The lowest BCUT2D eigenvalue weighted by Gasteiger charge is -2.39.